The van der Waals surface area contributed by atoms with Gasteiger partial charge in [-0.2, -0.15) is 0 Å². The number of aryl methyl sites for hydroxylation is 4. The number of thiazole rings is 1. The van der Waals surface area contributed by atoms with E-state index in [9.17, 15) is 9.59 Å². The second kappa shape index (κ2) is 10.5. The second-order valence-corrected chi connectivity index (χ2v) is 9.29. The first-order valence-electron chi connectivity index (χ1n) is 11.1. The average Bonchev–Trinajstić information content (AvgIpc) is 3.38. The zero-order chi connectivity index (χ0) is 24.9. The highest BCUT2D eigenvalue weighted by molar-refractivity contribution is 7.13. The molecule has 35 heavy (non-hydrogen) atoms. The number of nitrogens with one attached hydrogen (secondary N) is 2. The highest BCUT2D eigenvalue weighted by Crippen LogP contribution is 2.25. The average molecular weight is 491 g/mol. The third-order valence-corrected chi connectivity index (χ3v) is 6.27. The highest BCUT2D eigenvalue weighted by Gasteiger charge is 2.17. The molecule has 0 bridgehead atoms. The molecule has 9 heteroatoms. The molecule has 0 radical (unpaired) electrons. The number of ether oxygens (including phenoxy) is 1. The van der Waals surface area contributed by atoms with Crippen molar-refractivity contribution in [1.82, 2.24) is 15.3 Å². The molecule has 0 saturated heterocycles. The van der Waals surface area contributed by atoms with E-state index in [4.69, 9.17) is 9.15 Å². The Morgan fingerprint density at radius 1 is 1.03 bits per heavy atom. The second-order valence-electron chi connectivity index (χ2n) is 8.08. The molecular weight excluding hydrogens is 464 g/mol. The number of carbonyl (C=O) groups excluding carboxylic acids is 2. The smallest absolute Gasteiger partial charge is 0.263 e. The number of carbonyl (C=O) groups is 2. The quantitative estimate of drug-likeness (QED) is 0.361. The van der Waals surface area contributed by atoms with Crippen LogP contribution in [0.2, 0.25) is 0 Å². The van der Waals surface area contributed by atoms with Crippen LogP contribution in [-0.4, -0.2) is 28.4 Å². The molecule has 0 aliphatic carbocycles. The largest absolute Gasteiger partial charge is 0.484 e. The van der Waals surface area contributed by atoms with Crippen molar-refractivity contribution < 1.29 is 18.7 Å². The predicted molar refractivity (Wildman–Crippen MR) is 135 cm³/mol. The van der Waals surface area contributed by atoms with Crippen molar-refractivity contribution in [2.75, 3.05) is 11.9 Å². The van der Waals surface area contributed by atoms with Crippen LogP contribution in [0, 0.1) is 27.7 Å². The Morgan fingerprint density at radius 2 is 1.80 bits per heavy atom. The van der Waals surface area contributed by atoms with Gasteiger partial charge < -0.3 is 19.8 Å². The van der Waals surface area contributed by atoms with Crippen LogP contribution in [-0.2, 0) is 11.3 Å². The van der Waals surface area contributed by atoms with Crippen molar-refractivity contribution in [3.05, 3.63) is 81.1 Å². The summed E-state index contributed by atoms with van der Waals surface area (Å²) in [4.78, 5) is 34.3. The lowest BCUT2D eigenvalue weighted by Crippen LogP contribution is -2.23. The van der Waals surface area contributed by atoms with E-state index in [0.717, 1.165) is 10.6 Å². The summed E-state index contributed by atoms with van der Waals surface area (Å²) in [6, 6.07) is 14.7. The van der Waals surface area contributed by atoms with Crippen LogP contribution in [0.15, 0.2) is 52.9 Å². The summed E-state index contributed by atoms with van der Waals surface area (Å²) in [6.07, 6.45) is 0. The first kappa shape index (κ1) is 24.2. The molecule has 2 heterocycles. The van der Waals surface area contributed by atoms with E-state index >= 15 is 0 Å². The fraction of sp³-hybridized carbons (Fsp3) is 0.231. The molecule has 180 valence electrons. The van der Waals surface area contributed by atoms with E-state index in [1.165, 1.54) is 11.3 Å². The van der Waals surface area contributed by atoms with Crippen molar-refractivity contribution >= 4 is 28.8 Å². The van der Waals surface area contributed by atoms with Crippen LogP contribution in [0.3, 0.4) is 0 Å². The number of hydrogen-bond acceptors (Lipinski definition) is 7. The highest BCUT2D eigenvalue weighted by atomic mass is 32.1. The van der Waals surface area contributed by atoms with E-state index < -0.39 is 0 Å². The molecule has 2 amide bonds. The molecule has 2 N–H and O–H groups in total. The van der Waals surface area contributed by atoms with Gasteiger partial charge in [-0.15, -0.1) is 11.3 Å². The topological polar surface area (TPSA) is 106 Å². The number of rotatable bonds is 8. The Balaban J connectivity index is 1.37. The van der Waals surface area contributed by atoms with Gasteiger partial charge in [0.15, 0.2) is 6.61 Å². The summed E-state index contributed by atoms with van der Waals surface area (Å²) < 4.78 is 11.4. The van der Waals surface area contributed by atoms with Crippen molar-refractivity contribution in [2.45, 2.75) is 34.2 Å². The zero-order valence-corrected chi connectivity index (χ0v) is 20.8. The van der Waals surface area contributed by atoms with Crippen molar-refractivity contribution in [1.29, 1.82) is 0 Å². The fourth-order valence-electron chi connectivity index (χ4n) is 3.41. The van der Waals surface area contributed by atoms with Crippen LogP contribution < -0.4 is 15.4 Å². The number of aromatic nitrogens is 2. The van der Waals surface area contributed by atoms with Crippen LogP contribution in [0.25, 0.3) is 11.5 Å². The van der Waals surface area contributed by atoms with Gasteiger partial charge >= 0.3 is 0 Å². The molecule has 0 aliphatic rings. The van der Waals surface area contributed by atoms with Crippen LogP contribution in [0.1, 0.15) is 37.4 Å². The first-order valence-corrected chi connectivity index (χ1v) is 11.9. The molecule has 0 spiro atoms. The van der Waals surface area contributed by atoms with Gasteiger partial charge in [0.25, 0.3) is 11.8 Å². The first-order chi connectivity index (χ1) is 16.8. The standard InChI is InChI=1S/C26H26N4O4S/c1-15-8-10-21(11-9-15)33-14-23(31)29-20-7-5-6-19(12-20)26-30-22(17(3)34-26)13-27-25(32)24-16(2)28-18(4)35-24/h5-12H,13-14H2,1-4H3,(H,27,32)(H,29,31). The fourth-order valence-corrected chi connectivity index (χ4v) is 4.25. The number of hydrogen-bond donors (Lipinski definition) is 2. The van der Waals surface area contributed by atoms with Gasteiger partial charge in [0, 0.05) is 11.3 Å². The molecule has 2 aromatic heterocycles. The molecule has 8 nitrogen and oxygen atoms in total. The minimum atomic E-state index is -0.275. The number of oxazole rings is 1. The van der Waals surface area contributed by atoms with E-state index in [1.807, 2.05) is 57.2 Å². The monoisotopic (exact) mass is 490 g/mol. The summed E-state index contributed by atoms with van der Waals surface area (Å²) in [6.45, 7) is 7.61. The Labute approximate surface area is 207 Å². The van der Waals surface area contributed by atoms with Crippen LogP contribution in [0.4, 0.5) is 5.69 Å². The van der Waals surface area contributed by atoms with Gasteiger partial charge in [-0.1, -0.05) is 23.8 Å². The summed E-state index contributed by atoms with van der Waals surface area (Å²) in [5.74, 6) is 1.19. The maximum Gasteiger partial charge on any atom is 0.263 e. The van der Waals surface area contributed by atoms with Crippen LogP contribution in [0.5, 0.6) is 5.75 Å². The molecule has 0 aliphatic heterocycles. The van der Waals surface area contributed by atoms with Gasteiger partial charge in [0.1, 0.15) is 22.1 Å². The van der Waals surface area contributed by atoms with E-state index in [2.05, 4.69) is 20.6 Å². The van der Waals surface area contributed by atoms with Crippen molar-refractivity contribution in [3.63, 3.8) is 0 Å². The maximum absolute atomic E-state index is 12.5. The zero-order valence-electron chi connectivity index (χ0n) is 20.0. The number of nitrogens with zero attached hydrogens (tertiary/aromatic N) is 2. The van der Waals surface area contributed by atoms with E-state index in [-0.39, 0.29) is 25.0 Å². The van der Waals surface area contributed by atoms with Gasteiger partial charge in [0.05, 0.1) is 17.2 Å². The summed E-state index contributed by atoms with van der Waals surface area (Å²) in [7, 11) is 0. The third kappa shape index (κ3) is 6.13. The van der Waals surface area contributed by atoms with Gasteiger partial charge in [-0.05, 0) is 58.0 Å². The van der Waals surface area contributed by atoms with E-state index in [0.29, 0.717) is 44.9 Å². The van der Waals surface area contributed by atoms with Gasteiger partial charge in [-0.3, -0.25) is 9.59 Å². The molecule has 4 rings (SSSR count). The van der Waals surface area contributed by atoms with Crippen LogP contribution >= 0.6 is 11.3 Å². The Hall–Kier alpha value is -3.98. The molecule has 2 aromatic carbocycles. The minimum absolute atomic E-state index is 0.103. The number of amides is 2. The molecule has 0 atom stereocenters. The maximum atomic E-state index is 12.5. The summed E-state index contributed by atoms with van der Waals surface area (Å²) in [5, 5.41) is 6.55. The summed E-state index contributed by atoms with van der Waals surface area (Å²) >= 11 is 1.36. The van der Waals surface area contributed by atoms with Crippen molar-refractivity contribution in [3.8, 4) is 17.2 Å². The van der Waals surface area contributed by atoms with Crippen molar-refractivity contribution in [2.24, 2.45) is 0 Å². The normalized spacial score (nSPS) is 10.7. The minimum Gasteiger partial charge on any atom is -0.484 e. The van der Waals surface area contributed by atoms with Gasteiger partial charge in [-0.25, -0.2) is 9.97 Å². The Morgan fingerprint density at radius 3 is 2.51 bits per heavy atom. The lowest BCUT2D eigenvalue weighted by Gasteiger charge is -2.08. The van der Waals surface area contributed by atoms with Gasteiger partial charge in [0.2, 0.25) is 5.89 Å². The lowest BCUT2D eigenvalue weighted by molar-refractivity contribution is -0.118. The number of benzene rings is 2. The third-order valence-electron chi connectivity index (χ3n) is 5.20. The Kier molecular flexibility index (Phi) is 7.26. The van der Waals surface area contributed by atoms with E-state index in [1.54, 1.807) is 19.1 Å². The summed E-state index contributed by atoms with van der Waals surface area (Å²) in [5.41, 5.74) is 3.77. The Bertz CT molecular complexity index is 1360. The molecule has 0 saturated carbocycles. The molecular formula is C26H26N4O4S. The lowest BCUT2D eigenvalue weighted by atomic mass is 10.2. The molecule has 4 aromatic rings. The number of anilines is 1. The molecule has 0 fully saturated rings. The predicted octanol–water partition coefficient (Wildman–Crippen LogP) is 4.98. The SMILES string of the molecule is Cc1ccc(OCC(=O)Nc2cccc(-c3nc(CNC(=O)c4sc(C)nc4C)c(C)o3)c2)cc1. The molecule has 0 unspecified atom stereocenters.